The zero-order valence-corrected chi connectivity index (χ0v) is 9.59. The maximum Gasteiger partial charge on any atom is 0.0940 e. The van der Waals surface area contributed by atoms with E-state index < -0.39 is 0 Å². The van der Waals surface area contributed by atoms with Crippen LogP contribution in [0.2, 0.25) is 0 Å². The summed E-state index contributed by atoms with van der Waals surface area (Å²) in [7, 11) is 0. The summed E-state index contributed by atoms with van der Waals surface area (Å²) < 4.78 is 0. The summed E-state index contributed by atoms with van der Waals surface area (Å²) >= 11 is 0. The largest absolute Gasteiger partial charge is 0.387 e. The Bertz CT molecular complexity index is 527. The first-order chi connectivity index (χ1) is 7.75. The van der Waals surface area contributed by atoms with Gasteiger partial charge < -0.3 is 10.1 Å². The number of benzene rings is 1. The summed E-state index contributed by atoms with van der Waals surface area (Å²) in [6.45, 7) is 2.12. The van der Waals surface area contributed by atoms with Crippen LogP contribution in [0.4, 0.5) is 0 Å². The van der Waals surface area contributed by atoms with E-state index in [0.29, 0.717) is 0 Å². The minimum atomic E-state index is -0.301. The van der Waals surface area contributed by atoms with Gasteiger partial charge in [0.05, 0.1) is 6.10 Å². The molecule has 16 heavy (non-hydrogen) atoms. The highest BCUT2D eigenvalue weighted by Crippen LogP contribution is 2.33. The molecule has 1 aliphatic carbocycles. The van der Waals surface area contributed by atoms with Crippen molar-refractivity contribution in [3.8, 4) is 0 Å². The summed E-state index contributed by atoms with van der Waals surface area (Å²) in [5.74, 6) is 0. The topological polar surface area (TPSA) is 36.0 Å². The molecule has 0 saturated carbocycles. The van der Waals surface area contributed by atoms with Gasteiger partial charge in [-0.05, 0) is 43.9 Å². The summed E-state index contributed by atoms with van der Waals surface area (Å²) in [4.78, 5) is 3.38. The lowest BCUT2D eigenvalue weighted by Gasteiger charge is -2.05. The first kappa shape index (κ1) is 9.91. The van der Waals surface area contributed by atoms with E-state index in [1.54, 1.807) is 0 Å². The number of hydrogen-bond acceptors (Lipinski definition) is 1. The van der Waals surface area contributed by atoms with Gasteiger partial charge in [0, 0.05) is 16.6 Å². The van der Waals surface area contributed by atoms with E-state index in [9.17, 15) is 5.11 Å². The molecule has 1 aromatic carbocycles. The van der Waals surface area contributed by atoms with Crippen LogP contribution < -0.4 is 0 Å². The zero-order valence-electron chi connectivity index (χ0n) is 9.59. The molecular weight excluding hydrogens is 198 g/mol. The van der Waals surface area contributed by atoms with Gasteiger partial charge in [-0.1, -0.05) is 18.1 Å². The molecule has 0 saturated heterocycles. The average Bonchev–Trinajstić information content (AvgIpc) is 2.52. The molecule has 0 unspecified atom stereocenters. The normalized spacial score (nSPS) is 20.8. The first-order valence-corrected chi connectivity index (χ1v) is 6.05. The van der Waals surface area contributed by atoms with Crippen molar-refractivity contribution < 1.29 is 5.11 Å². The minimum Gasteiger partial charge on any atom is -0.387 e. The second-order valence-electron chi connectivity index (χ2n) is 4.83. The van der Waals surface area contributed by atoms with Crippen LogP contribution in [0.3, 0.4) is 0 Å². The Morgan fingerprint density at radius 3 is 3.06 bits per heavy atom. The maximum atomic E-state index is 10.1. The van der Waals surface area contributed by atoms with Gasteiger partial charge in [0.1, 0.15) is 0 Å². The third-order valence-electron chi connectivity index (χ3n) is 3.58. The lowest BCUT2D eigenvalue weighted by Crippen LogP contribution is -1.97. The van der Waals surface area contributed by atoms with Gasteiger partial charge in [0.15, 0.2) is 0 Å². The van der Waals surface area contributed by atoms with Gasteiger partial charge in [0.2, 0.25) is 0 Å². The van der Waals surface area contributed by atoms with E-state index in [4.69, 9.17) is 0 Å². The Morgan fingerprint density at radius 1 is 1.31 bits per heavy atom. The number of hydrogen-bond donors (Lipinski definition) is 2. The van der Waals surface area contributed by atoms with Crippen LogP contribution in [-0.2, 0) is 6.42 Å². The molecule has 1 aliphatic rings. The van der Waals surface area contributed by atoms with Crippen LogP contribution in [0.5, 0.6) is 0 Å². The van der Waals surface area contributed by atoms with Gasteiger partial charge in [-0.2, -0.15) is 0 Å². The van der Waals surface area contributed by atoms with Crippen molar-refractivity contribution in [1.29, 1.82) is 0 Å². The predicted molar refractivity (Wildman–Crippen MR) is 65.6 cm³/mol. The van der Waals surface area contributed by atoms with Crippen LogP contribution in [0.1, 0.15) is 42.2 Å². The molecule has 2 aromatic rings. The van der Waals surface area contributed by atoms with E-state index in [2.05, 4.69) is 30.1 Å². The molecule has 0 spiro atoms. The highest BCUT2D eigenvalue weighted by atomic mass is 16.3. The molecular formula is C14H17NO. The van der Waals surface area contributed by atoms with Gasteiger partial charge in [-0.3, -0.25) is 0 Å². The second kappa shape index (κ2) is 3.63. The summed E-state index contributed by atoms with van der Waals surface area (Å²) in [5, 5.41) is 11.4. The van der Waals surface area contributed by atoms with Crippen molar-refractivity contribution in [3.05, 3.63) is 35.0 Å². The summed E-state index contributed by atoms with van der Waals surface area (Å²) in [6.07, 6.45) is 3.99. The first-order valence-electron chi connectivity index (χ1n) is 6.05. The molecule has 1 heterocycles. The Balaban J connectivity index is 2.26. The zero-order chi connectivity index (χ0) is 11.1. The molecule has 0 aliphatic heterocycles. The van der Waals surface area contributed by atoms with Crippen LogP contribution >= 0.6 is 0 Å². The number of rotatable bonds is 0. The molecule has 0 amide bonds. The third kappa shape index (κ3) is 1.45. The fourth-order valence-corrected chi connectivity index (χ4v) is 2.72. The highest BCUT2D eigenvalue weighted by molar-refractivity contribution is 5.85. The van der Waals surface area contributed by atoms with Crippen molar-refractivity contribution >= 4 is 10.9 Å². The van der Waals surface area contributed by atoms with Crippen molar-refractivity contribution in [3.63, 3.8) is 0 Å². The van der Waals surface area contributed by atoms with Crippen LogP contribution in [-0.4, -0.2) is 10.1 Å². The third-order valence-corrected chi connectivity index (χ3v) is 3.58. The van der Waals surface area contributed by atoms with Crippen LogP contribution in [0, 0.1) is 6.92 Å². The number of aliphatic hydroxyl groups excluding tert-OH is 1. The van der Waals surface area contributed by atoms with E-state index in [-0.39, 0.29) is 6.10 Å². The molecule has 2 N–H and O–H groups in total. The minimum absolute atomic E-state index is 0.301. The predicted octanol–water partition coefficient (Wildman–Crippen LogP) is 3.24. The molecule has 1 aromatic heterocycles. The molecule has 1 atom stereocenters. The van der Waals surface area contributed by atoms with E-state index in [1.165, 1.54) is 22.9 Å². The van der Waals surface area contributed by atoms with Crippen molar-refractivity contribution in [1.82, 2.24) is 4.98 Å². The second-order valence-corrected chi connectivity index (χ2v) is 4.83. The molecule has 0 radical (unpaired) electrons. The Morgan fingerprint density at radius 2 is 2.19 bits per heavy atom. The van der Waals surface area contributed by atoms with Gasteiger partial charge in [-0.25, -0.2) is 0 Å². The Hall–Kier alpha value is -1.28. The Kier molecular flexibility index (Phi) is 2.25. The van der Waals surface area contributed by atoms with Crippen LogP contribution in [0.25, 0.3) is 10.9 Å². The summed E-state index contributed by atoms with van der Waals surface area (Å²) in [5.41, 5.74) is 4.84. The van der Waals surface area contributed by atoms with Crippen LogP contribution in [0.15, 0.2) is 18.2 Å². The maximum absolute atomic E-state index is 10.1. The number of fused-ring (bicyclic) bond motifs is 3. The molecule has 2 nitrogen and oxygen atoms in total. The molecule has 0 fully saturated rings. The monoisotopic (exact) mass is 215 g/mol. The molecule has 84 valence electrons. The Labute approximate surface area is 95.3 Å². The van der Waals surface area contributed by atoms with Gasteiger partial charge in [-0.15, -0.1) is 0 Å². The van der Waals surface area contributed by atoms with Gasteiger partial charge >= 0.3 is 0 Å². The van der Waals surface area contributed by atoms with E-state index in [1.807, 2.05) is 0 Å². The quantitative estimate of drug-likeness (QED) is 0.650. The lowest BCUT2D eigenvalue weighted by atomic mass is 10.0. The number of aryl methyl sites for hydroxylation is 2. The number of aromatic amines is 1. The number of aromatic nitrogens is 1. The van der Waals surface area contributed by atoms with E-state index in [0.717, 1.165) is 30.5 Å². The SMILES string of the molecule is Cc1ccc2[nH]c3c(c2c1)CCCC[C@H]3O. The molecule has 2 heteroatoms. The average molecular weight is 215 g/mol. The fourth-order valence-electron chi connectivity index (χ4n) is 2.72. The van der Waals surface area contributed by atoms with Crippen molar-refractivity contribution in [2.45, 2.75) is 38.7 Å². The van der Waals surface area contributed by atoms with Crippen molar-refractivity contribution in [2.24, 2.45) is 0 Å². The molecule has 0 bridgehead atoms. The number of nitrogens with one attached hydrogen (secondary N) is 1. The van der Waals surface area contributed by atoms with Crippen molar-refractivity contribution in [2.75, 3.05) is 0 Å². The lowest BCUT2D eigenvalue weighted by molar-refractivity contribution is 0.163. The molecule has 3 rings (SSSR count). The number of aliphatic hydroxyl groups is 1. The smallest absolute Gasteiger partial charge is 0.0940 e. The van der Waals surface area contributed by atoms with E-state index >= 15 is 0 Å². The van der Waals surface area contributed by atoms with Gasteiger partial charge in [0.25, 0.3) is 0 Å². The highest BCUT2D eigenvalue weighted by Gasteiger charge is 2.20. The number of H-pyrrole nitrogens is 1. The summed E-state index contributed by atoms with van der Waals surface area (Å²) in [6, 6.07) is 6.46. The standard InChI is InChI=1S/C14H17NO/c1-9-6-7-12-11(8-9)10-4-2-3-5-13(16)14(10)15-12/h6-8,13,15-16H,2-5H2,1H3/t13-/m1/s1. The fraction of sp³-hybridized carbons (Fsp3) is 0.429.